The topological polar surface area (TPSA) is 40.7 Å². The Hall–Kier alpha value is -2.29. The highest BCUT2D eigenvalue weighted by molar-refractivity contribution is 5.81. The molecule has 3 heteroatoms. The molecule has 0 spiro atoms. The normalized spacial score (nSPS) is 14.1. The largest absolute Gasteiger partial charge is 0.385 e. The molecule has 1 aliphatic heterocycles. The van der Waals surface area contributed by atoms with Gasteiger partial charge in [-0.15, -0.1) is 0 Å². The Balaban J connectivity index is 1.92. The van der Waals surface area contributed by atoms with Gasteiger partial charge in [-0.05, 0) is 36.6 Å². The van der Waals surface area contributed by atoms with Gasteiger partial charge in [-0.25, -0.2) is 4.98 Å². The predicted octanol–water partition coefficient (Wildman–Crippen LogP) is 3.59. The van der Waals surface area contributed by atoms with Crippen LogP contribution in [0.3, 0.4) is 0 Å². The van der Waals surface area contributed by atoms with E-state index in [1.807, 2.05) is 18.2 Å². The Morgan fingerprint density at radius 3 is 2.89 bits per heavy atom. The van der Waals surface area contributed by atoms with Gasteiger partial charge in [-0.2, -0.15) is 0 Å². The maximum absolute atomic E-state index is 4.71. The minimum atomic E-state index is 0.974. The third-order valence-corrected chi connectivity index (χ3v) is 3.74. The van der Waals surface area contributed by atoms with Gasteiger partial charge in [0, 0.05) is 17.8 Å². The second-order valence-corrected chi connectivity index (χ2v) is 4.96. The van der Waals surface area contributed by atoms with Gasteiger partial charge in [0.2, 0.25) is 0 Å². The lowest BCUT2D eigenvalue weighted by molar-refractivity contribution is 0.831. The molecule has 94 valence electrons. The summed E-state index contributed by atoms with van der Waals surface area (Å²) in [5.41, 5.74) is 5.98. The Morgan fingerprint density at radius 1 is 1.00 bits per heavy atom. The van der Waals surface area contributed by atoms with Crippen molar-refractivity contribution in [2.75, 3.05) is 11.9 Å². The number of hydrogen-bond acceptors (Lipinski definition) is 2. The summed E-state index contributed by atoms with van der Waals surface area (Å²) in [7, 11) is 0. The van der Waals surface area contributed by atoms with Crippen LogP contribution in [0.4, 0.5) is 5.69 Å². The standard InChI is InChI=1S/C16H15N3/c1-2-8-15-14(7-1)18-16(19-15)12-5-3-9-13-11(12)6-4-10-17-13/h1-3,5,7-9,17H,4,6,10H2,(H,18,19). The maximum Gasteiger partial charge on any atom is 0.138 e. The number of aromatic amines is 1. The van der Waals surface area contributed by atoms with Crippen molar-refractivity contribution >= 4 is 16.7 Å². The molecule has 2 aromatic carbocycles. The quantitative estimate of drug-likeness (QED) is 0.692. The molecule has 4 rings (SSSR count). The number of nitrogens with one attached hydrogen (secondary N) is 2. The van der Waals surface area contributed by atoms with Crippen LogP contribution in [0.5, 0.6) is 0 Å². The van der Waals surface area contributed by atoms with E-state index in [-0.39, 0.29) is 0 Å². The molecule has 0 radical (unpaired) electrons. The molecule has 0 fully saturated rings. The van der Waals surface area contributed by atoms with Crippen LogP contribution in [0, 0.1) is 0 Å². The van der Waals surface area contributed by atoms with Crippen molar-refractivity contribution in [1.82, 2.24) is 9.97 Å². The average Bonchev–Trinajstić information content (AvgIpc) is 2.90. The first kappa shape index (κ1) is 10.6. The Morgan fingerprint density at radius 2 is 1.95 bits per heavy atom. The van der Waals surface area contributed by atoms with Crippen LogP contribution in [0.2, 0.25) is 0 Å². The third kappa shape index (κ3) is 1.70. The maximum atomic E-state index is 4.71. The number of anilines is 1. The molecule has 3 aromatic rings. The molecular formula is C16H15N3. The van der Waals surface area contributed by atoms with E-state index in [2.05, 4.69) is 34.6 Å². The fourth-order valence-corrected chi connectivity index (χ4v) is 2.81. The van der Waals surface area contributed by atoms with Crippen molar-refractivity contribution in [3.8, 4) is 11.4 Å². The van der Waals surface area contributed by atoms with Gasteiger partial charge in [-0.3, -0.25) is 0 Å². The zero-order chi connectivity index (χ0) is 12.7. The van der Waals surface area contributed by atoms with Crippen molar-refractivity contribution in [3.05, 3.63) is 48.0 Å². The van der Waals surface area contributed by atoms with E-state index in [9.17, 15) is 0 Å². The monoisotopic (exact) mass is 249 g/mol. The number of imidazole rings is 1. The summed E-state index contributed by atoms with van der Waals surface area (Å²) in [6, 6.07) is 14.6. The van der Waals surface area contributed by atoms with Crippen LogP contribution < -0.4 is 5.32 Å². The molecule has 0 saturated heterocycles. The van der Waals surface area contributed by atoms with Crippen LogP contribution in [0.15, 0.2) is 42.5 Å². The van der Waals surface area contributed by atoms with E-state index in [4.69, 9.17) is 4.98 Å². The minimum Gasteiger partial charge on any atom is -0.385 e. The van der Waals surface area contributed by atoms with Crippen LogP contribution in [0.1, 0.15) is 12.0 Å². The number of fused-ring (bicyclic) bond motifs is 2. The number of aromatic nitrogens is 2. The third-order valence-electron chi connectivity index (χ3n) is 3.74. The molecule has 0 aliphatic carbocycles. The Labute approximate surface area is 111 Å². The summed E-state index contributed by atoms with van der Waals surface area (Å²) >= 11 is 0. The molecular weight excluding hydrogens is 234 g/mol. The summed E-state index contributed by atoms with van der Waals surface area (Å²) in [4.78, 5) is 8.13. The smallest absolute Gasteiger partial charge is 0.138 e. The van der Waals surface area contributed by atoms with Gasteiger partial charge < -0.3 is 10.3 Å². The molecule has 2 N–H and O–H groups in total. The lowest BCUT2D eigenvalue weighted by atomic mass is 9.97. The predicted molar refractivity (Wildman–Crippen MR) is 78.3 cm³/mol. The Kier molecular flexibility index (Phi) is 2.30. The molecule has 0 bridgehead atoms. The van der Waals surface area contributed by atoms with Gasteiger partial charge in [-0.1, -0.05) is 24.3 Å². The fraction of sp³-hybridized carbons (Fsp3) is 0.188. The summed E-state index contributed by atoms with van der Waals surface area (Å²) in [6.45, 7) is 1.07. The molecule has 3 nitrogen and oxygen atoms in total. The van der Waals surface area contributed by atoms with Crippen molar-refractivity contribution in [2.45, 2.75) is 12.8 Å². The Bertz CT molecular complexity index is 710. The fourth-order valence-electron chi connectivity index (χ4n) is 2.81. The number of rotatable bonds is 1. The number of para-hydroxylation sites is 2. The van der Waals surface area contributed by atoms with Gasteiger partial charge in [0.05, 0.1) is 11.0 Å². The van der Waals surface area contributed by atoms with Crippen LogP contribution >= 0.6 is 0 Å². The van der Waals surface area contributed by atoms with Gasteiger partial charge in [0.25, 0.3) is 0 Å². The van der Waals surface area contributed by atoms with Crippen LogP contribution in [-0.2, 0) is 6.42 Å². The molecule has 0 saturated carbocycles. The lowest BCUT2D eigenvalue weighted by Crippen LogP contribution is -2.12. The summed E-state index contributed by atoms with van der Waals surface area (Å²) in [6.07, 6.45) is 2.31. The first-order valence-corrected chi connectivity index (χ1v) is 6.73. The molecule has 1 aliphatic rings. The van der Waals surface area contributed by atoms with E-state index in [1.165, 1.54) is 23.2 Å². The summed E-state index contributed by atoms with van der Waals surface area (Å²) in [5.74, 6) is 0.974. The van der Waals surface area contributed by atoms with E-state index < -0.39 is 0 Å². The van der Waals surface area contributed by atoms with Crippen molar-refractivity contribution in [1.29, 1.82) is 0 Å². The summed E-state index contributed by atoms with van der Waals surface area (Å²) in [5, 5.41) is 3.46. The van der Waals surface area contributed by atoms with Gasteiger partial charge in [0.1, 0.15) is 5.82 Å². The highest BCUT2D eigenvalue weighted by Gasteiger charge is 2.15. The van der Waals surface area contributed by atoms with Gasteiger partial charge in [0.15, 0.2) is 0 Å². The number of H-pyrrole nitrogens is 1. The van der Waals surface area contributed by atoms with Crippen molar-refractivity contribution in [2.24, 2.45) is 0 Å². The highest BCUT2D eigenvalue weighted by Crippen LogP contribution is 2.31. The number of hydrogen-bond donors (Lipinski definition) is 2. The number of nitrogens with zero attached hydrogens (tertiary/aromatic N) is 1. The van der Waals surface area contributed by atoms with Crippen molar-refractivity contribution < 1.29 is 0 Å². The van der Waals surface area contributed by atoms with E-state index in [0.29, 0.717) is 0 Å². The van der Waals surface area contributed by atoms with Gasteiger partial charge >= 0.3 is 0 Å². The van der Waals surface area contributed by atoms with Crippen LogP contribution in [-0.4, -0.2) is 16.5 Å². The summed E-state index contributed by atoms with van der Waals surface area (Å²) < 4.78 is 0. The SMILES string of the molecule is c1cc2c(c(-c3nc4ccccc4[nH]3)c1)CCCN2. The first-order chi connectivity index (χ1) is 9.42. The first-order valence-electron chi connectivity index (χ1n) is 6.73. The number of benzene rings is 2. The van der Waals surface area contributed by atoms with Crippen LogP contribution in [0.25, 0.3) is 22.4 Å². The molecule has 2 heterocycles. The average molecular weight is 249 g/mol. The molecule has 1 aromatic heterocycles. The molecule has 19 heavy (non-hydrogen) atoms. The molecule has 0 atom stereocenters. The minimum absolute atomic E-state index is 0.974. The zero-order valence-corrected chi connectivity index (χ0v) is 10.6. The van der Waals surface area contributed by atoms with E-state index >= 15 is 0 Å². The van der Waals surface area contributed by atoms with E-state index in [0.717, 1.165) is 29.8 Å². The lowest BCUT2D eigenvalue weighted by Gasteiger charge is -2.20. The zero-order valence-electron chi connectivity index (χ0n) is 10.6. The van der Waals surface area contributed by atoms with Crippen molar-refractivity contribution in [3.63, 3.8) is 0 Å². The second kappa shape index (κ2) is 4.12. The highest BCUT2D eigenvalue weighted by atomic mass is 14.9. The van der Waals surface area contributed by atoms with E-state index in [1.54, 1.807) is 0 Å². The second-order valence-electron chi connectivity index (χ2n) is 4.96. The molecule has 0 amide bonds. The molecule has 0 unspecified atom stereocenters.